The van der Waals surface area contributed by atoms with Crippen LogP contribution in [0.4, 0.5) is 0 Å². The molecule has 0 bridgehead atoms. The molecule has 0 heterocycles. The summed E-state index contributed by atoms with van der Waals surface area (Å²) in [6.07, 6.45) is 0. The van der Waals surface area contributed by atoms with Crippen LogP contribution in [0.1, 0.15) is 11.6 Å². The fourth-order valence-corrected chi connectivity index (χ4v) is 1.18. The lowest BCUT2D eigenvalue weighted by Crippen LogP contribution is -1.99. The largest absolute Gasteiger partial charge is 0.396 e. The third-order valence-corrected chi connectivity index (χ3v) is 1.83. The zero-order valence-corrected chi connectivity index (χ0v) is 7.52. The molecule has 0 amide bonds. The highest BCUT2D eigenvalue weighted by molar-refractivity contribution is 6.30. The topological polar surface area (TPSA) is 69.0 Å². The number of hydrogen-bond donors (Lipinski definition) is 1. The van der Waals surface area contributed by atoms with Crippen molar-refractivity contribution in [1.29, 1.82) is 0 Å². The van der Waals surface area contributed by atoms with E-state index in [9.17, 15) is 0 Å². The Morgan fingerprint density at radius 1 is 1.62 bits per heavy atom. The smallest absolute Gasteiger partial charge is 0.0856 e. The van der Waals surface area contributed by atoms with E-state index in [1.54, 1.807) is 24.3 Å². The Morgan fingerprint density at radius 3 is 2.92 bits per heavy atom. The number of benzene rings is 1. The number of rotatable bonds is 3. The zero-order valence-electron chi connectivity index (χ0n) is 6.76. The standard InChI is InChI=1S/C8H8ClN3O/c9-7-3-1-2-6(4-7)8(5-13)11-12-10/h1-4,8,13H,5H2. The van der Waals surface area contributed by atoms with Gasteiger partial charge >= 0.3 is 0 Å². The summed E-state index contributed by atoms with van der Waals surface area (Å²) in [6.45, 7) is -0.218. The number of azide groups is 1. The van der Waals surface area contributed by atoms with Gasteiger partial charge in [-0.05, 0) is 23.2 Å². The van der Waals surface area contributed by atoms with Crippen molar-refractivity contribution < 1.29 is 5.11 Å². The molecular weight excluding hydrogens is 190 g/mol. The van der Waals surface area contributed by atoms with Gasteiger partial charge in [0.1, 0.15) is 0 Å². The van der Waals surface area contributed by atoms with Gasteiger partial charge in [-0.2, -0.15) is 0 Å². The van der Waals surface area contributed by atoms with E-state index in [0.29, 0.717) is 10.6 Å². The van der Waals surface area contributed by atoms with E-state index in [-0.39, 0.29) is 6.61 Å². The average Bonchev–Trinajstić information content (AvgIpc) is 2.14. The molecule has 1 rings (SSSR count). The summed E-state index contributed by atoms with van der Waals surface area (Å²) in [6, 6.07) is 6.32. The predicted octanol–water partition coefficient (Wildman–Crippen LogP) is 2.68. The average molecular weight is 198 g/mol. The molecule has 0 aromatic heterocycles. The molecule has 0 saturated heterocycles. The van der Waals surface area contributed by atoms with Gasteiger partial charge in [0.05, 0.1) is 12.6 Å². The molecule has 0 saturated carbocycles. The Hall–Kier alpha value is -1.22. The fourth-order valence-electron chi connectivity index (χ4n) is 0.985. The third-order valence-electron chi connectivity index (χ3n) is 1.60. The first-order chi connectivity index (χ1) is 6.27. The first kappa shape index (κ1) is 9.86. The maximum absolute atomic E-state index is 8.89. The van der Waals surface area contributed by atoms with Crippen LogP contribution in [0.25, 0.3) is 10.4 Å². The minimum absolute atomic E-state index is 0.218. The normalized spacial score (nSPS) is 11.8. The van der Waals surface area contributed by atoms with Gasteiger partial charge in [-0.3, -0.25) is 0 Å². The van der Waals surface area contributed by atoms with Gasteiger partial charge in [0, 0.05) is 9.93 Å². The highest BCUT2D eigenvalue weighted by atomic mass is 35.5. The predicted molar refractivity (Wildman–Crippen MR) is 50.4 cm³/mol. The van der Waals surface area contributed by atoms with Crippen LogP contribution in [0.2, 0.25) is 5.02 Å². The molecule has 0 aliphatic rings. The van der Waals surface area contributed by atoms with E-state index >= 15 is 0 Å². The molecule has 1 unspecified atom stereocenters. The number of aliphatic hydroxyl groups is 1. The molecule has 4 nitrogen and oxygen atoms in total. The molecular formula is C8H8ClN3O. The van der Waals surface area contributed by atoms with E-state index in [1.807, 2.05) is 0 Å². The van der Waals surface area contributed by atoms with Gasteiger partial charge in [-0.1, -0.05) is 28.8 Å². The number of hydrogen-bond acceptors (Lipinski definition) is 2. The van der Waals surface area contributed by atoms with Crippen LogP contribution in [-0.2, 0) is 0 Å². The van der Waals surface area contributed by atoms with Gasteiger partial charge in [-0.25, -0.2) is 0 Å². The lowest BCUT2D eigenvalue weighted by molar-refractivity contribution is 0.268. The Kier molecular flexibility index (Phi) is 3.58. The van der Waals surface area contributed by atoms with Gasteiger partial charge < -0.3 is 5.11 Å². The lowest BCUT2D eigenvalue weighted by Gasteiger charge is -2.07. The van der Waals surface area contributed by atoms with Gasteiger partial charge in [0.2, 0.25) is 0 Å². The van der Waals surface area contributed by atoms with Gasteiger partial charge in [-0.15, -0.1) is 0 Å². The summed E-state index contributed by atoms with van der Waals surface area (Å²) in [7, 11) is 0. The van der Waals surface area contributed by atoms with E-state index in [1.165, 1.54) is 0 Å². The lowest BCUT2D eigenvalue weighted by atomic mass is 10.1. The summed E-state index contributed by atoms with van der Waals surface area (Å²) in [4.78, 5) is 2.63. The highest BCUT2D eigenvalue weighted by Gasteiger charge is 2.07. The summed E-state index contributed by atoms with van der Waals surface area (Å²) < 4.78 is 0. The van der Waals surface area contributed by atoms with E-state index in [2.05, 4.69) is 10.0 Å². The van der Waals surface area contributed by atoms with E-state index < -0.39 is 6.04 Å². The second-order valence-electron chi connectivity index (χ2n) is 2.46. The first-order valence-electron chi connectivity index (χ1n) is 3.68. The van der Waals surface area contributed by atoms with E-state index in [4.69, 9.17) is 22.2 Å². The van der Waals surface area contributed by atoms with Crippen LogP contribution in [-0.4, -0.2) is 11.7 Å². The minimum atomic E-state index is -0.552. The molecule has 0 aliphatic carbocycles. The molecule has 0 spiro atoms. The van der Waals surface area contributed by atoms with Crippen LogP contribution < -0.4 is 0 Å². The Bertz CT molecular complexity index is 336. The summed E-state index contributed by atoms with van der Waals surface area (Å²) in [5.74, 6) is 0. The maximum Gasteiger partial charge on any atom is 0.0856 e. The quantitative estimate of drug-likeness (QED) is 0.452. The molecule has 68 valence electrons. The van der Waals surface area contributed by atoms with Crippen molar-refractivity contribution in [3.63, 3.8) is 0 Å². The molecule has 1 atom stereocenters. The summed E-state index contributed by atoms with van der Waals surface area (Å²) in [5, 5.41) is 12.9. The van der Waals surface area contributed by atoms with Crippen LogP contribution in [0, 0.1) is 0 Å². The van der Waals surface area contributed by atoms with Crippen molar-refractivity contribution in [2.75, 3.05) is 6.61 Å². The summed E-state index contributed by atoms with van der Waals surface area (Å²) >= 11 is 5.73. The van der Waals surface area contributed by atoms with Crippen LogP contribution in [0.15, 0.2) is 29.4 Å². The first-order valence-corrected chi connectivity index (χ1v) is 4.06. The zero-order chi connectivity index (χ0) is 9.68. The van der Waals surface area contributed by atoms with Gasteiger partial charge in [0.15, 0.2) is 0 Å². The van der Waals surface area contributed by atoms with Crippen molar-refractivity contribution in [1.82, 2.24) is 0 Å². The van der Waals surface area contributed by atoms with Crippen molar-refractivity contribution in [3.8, 4) is 0 Å². The second-order valence-corrected chi connectivity index (χ2v) is 2.89. The Morgan fingerprint density at radius 2 is 2.38 bits per heavy atom. The molecule has 1 N–H and O–H groups in total. The van der Waals surface area contributed by atoms with Crippen molar-refractivity contribution >= 4 is 11.6 Å². The van der Waals surface area contributed by atoms with E-state index in [0.717, 1.165) is 0 Å². The van der Waals surface area contributed by atoms with Crippen LogP contribution in [0.5, 0.6) is 0 Å². The fraction of sp³-hybridized carbons (Fsp3) is 0.250. The van der Waals surface area contributed by atoms with Crippen molar-refractivity contribution in [2.24, 2.45) is 5.11 Å². The van der Waals surface area contributed by atoms with Gasteiger partial charge in [0.25, 0.3) is 0 Å². The number of nitrogens with zero attached hydrogens (tertiary/aromatic N) is 3. The third kappa shape index (κ3) is 2.63. The van der Waals surface area contributed by atoms with Crippen molar-refractivity contribution in [3.05, 3.63) is 45.3 Å². The van der Waals surface area contributed by atoms with Crippen LogP contribution in [0.3, 0.4) is 0 Å². The Labute approximate surface area is 80.4 Å². The molecule has 1 aromatic rings. The number of halogens is 1. The number of aliphatic hydroxyl groups excluding tert-OH is 1. The molecule has 0 aliphatic heterocycles. The SMILES string of the molecule is [N-]=[N+]=NC(CO)c1cccc(Cl)c1. The molecule has 0 radical (unpaired) electrons. The molecule has 5 heteroatoms. The minimum Gasteiger partial charge on any atom is -0.396 e. The summed E-state index contributed by atoms with van der Waals surface area (Å²) in [5.41, 5.74) is 8.93. The molecule has 0 fully saturated rings. The Balaban J connectivity index is 2.97. The molecule has 13 heavy (non-hydrogen) atoms. The highest BCUT2D eigenvalue weighted by Crippen LogP contribution is 2.20. The van der Waals surface area contributed by atoms with Crippen LogP contribution >= 0.6 is 11.6 Å². The second kappa shape index (κ2) is 4.72. The molecule has 1 aromatic carbocycles. The maximum atomic E-state index is 8.89. The van der Waals surface area contributed by atoms with Crippen molar-refractivity contribution in [2.45, 2.75) is 6.04 Å². The monoisotopic (exact) mass is 197 g/mol.